The molecular weight excluding hydrogens is 449 g/mol. The minimum atomic E-state index is -4.56. The number of benzene rings is 2. The van der Waals surface area contributed by atoms with Crippen molar-refractivity contribution in [2.75, 3.05) is 24.9 Å². The summed E-state index contributed by atoms with van der Waals surface area (Å²) in [6.45, 7) is 3.78. The van der Waals surface area contributed by atoms with E-state index < -0.39 is 24.2 Å². The summed E-state index contributed by atoms with van der Waals surface area (Å²) in [5, 5.41) is 9.81. The Morgan fingerprint density at radius 1 is 1.15 bits per heavy atom. The SMILES string of the molecule is COc1ccc([C@@H]2C[C@@H](C(F)(F)F)n3ncc(C(=O)Nc4cccc(C)c4C)c3N2)cc1OC. The third kappa shape index (κ3) is 4.27. The van der Waals surface area contributed by atoms with Crippen molar-refractivity contribution in [2.24, 2.45) is 0 Å². The van der Waals surface area contributed by atoms with E-state index in [2.05, 4.69) is 15.7 Å². The lowest BCUT2D eigenvalue weighted by Gasteiger charge is -2.34. The maximum Gasteiger partial charge on any atom is 0.410 e. The van der Waals surface area contributed by atoms with Crippen LogP contribution in [0.5, 0.6) is 11.5 Å². The van der Waals surface area contributed by atoms with E-state index in [1.165, 1.54) is 20.4 Å². The monoisotopic (exact) mass is 474 g/mol. The molecule has 10 heteroatoms. The molecule has 180 valence electrons. The molecule has 7 nitrogen and oxygen atoms in total. The summed E-state index contributed by atoms with van der Waals surface area (Å²) >= 11 is 0. The quantitative estimate of drug-likeness (QED) is 0.516. The molecular formula is C24H25F3N4O3. The van der Waals surface area contributed by atoms with Gasteiger partial charge in [0.25, 0.3) is 5.91 Å². The second-order valence-electron chi connectivity index (χ2n) is 8.16. The van der Waals surface area contributed by atoms with Gasteiger partial charge in [-0.2, -0.15) is 18.3 Å². The summed E-state index contributed by atoms with van der Waals surface area (Å²) in [6.07, 6.45) is -3.69. The number of nitrogens with zero attached hydrogens (tertiary/aromatic N) is 2. The topological polar surface area (TPSA) is 77.4 Å². The summed E-state index contributed by atoms with van der Waals surface area (Å²) in [6, 6.07) is 7.77. The highest BCUT2D eigenvalue weighted by Gasteiger charge is 2.47. The van der Waals surface area contributed by atoms with Gasteiger partial charge in [-0.1, -0.05) is 18.2 Å². The third-order valence-electron chi connectivity index (χ3n) is 6.15. The van der Waals surface area contributed by atoms with Gasteiger partial charge in [-0.05, 0) is 48.7 Å². The van der Waals surface area contributed by atoms with Crippen molar-refractivity contribution in [3.8, 4) is 11.5 Å². The average Bonchev–Trinajstić information content (AvgIpc) is 3.24. The number of carbonyl (C=O) groups is 1. The first-order chi connectivity index (χ1) is 16.1. The van der Waals surface area contributed by atoms with Crippen LogP contribution in [0.1, 0.15) is 45.6 Å². The van der Waals surface area contributed by atoms with Gasteiger partial charge in [-0.3, -0.25) is 4.79 Å². The zero-order chi connectivity index (χ0) is 24.6. The zero-order valence-corrected chi connectivity index (χ0v) is 19.2. The molecule has 0 saturated carbocycles. The Kier molecular flexibility index (Phi) is 6.16. The number of rotatable bonds is 5. The Hall–Kier alpha value is -3.69. The van der Waals surface area contributed by atoms with E-state index in [1.807, 2.05) is 19.9 Å². The number of aromatic nitrogens is 2. The van der Waals surface area contributed by atoms with Crippen LogP contribution in [0.2, 0.25) is 0 Å². The van der Waals surface area contributed by atoms with Gasteiger partial charge in [0.05, 0.1) is 26.5 Å². The molecule has 2 N–H and O–H groups in total. The first-order valence-corrected chi connectivity index (χ1v) is 10.6. The molecule has 2 atom stereocenters. The number of hydrogen-bond acceptors (Lipinski definition) is 5. The maximum absolute atomic E-state index is 14.0. The highest BCUT2D eigenvalue weighted by atomic mass is 19.4. The number of alkyl halides is 3. The van der Waals surface area contributed by atoms with Gasteiger partial charge in [-0.25, -0.2) is 4.68 Å². The number of anilines is 2. The molecule has 0 spiro atoms. The van der Waals surface area contributed by atoms with E-state index in [0.29, 0.717) is 22.7 Å². The van der Waals surface area contributed by atoms with Gasteiger partial charge in [0.2, 0.25) is 0 Å². The number of methoxy groups -OCH3 is 2. The van der Waals surface area contributed by atoms with Crippen LogP contribution in [-0.4, -0.2) is 36.1 Å². The number of ether oxygens (including phenoxy) is 2. The van der Waals surface area contributed by atoms with Crippen molar-refractivity contribution >= 4 is 17.4 Å². The summed E-state index contributed by atoms with van der Waals surface area (Å²) in [7, 11) is 2.94. The standard InChI is InChI=1S/C24H25F3N4O3/c1-13-6-5-7-17(14(13)2)30-23(32)16-12-28-31-21(24(25,26)27)11-18(29-22(16)31)15-8-9-19(33-3)20(10-15)34-4/h5-10,12,18,21,29H,11H2,1-4H3,(H,30,32)/t18-,21-/m0/s1. The van der Waals surface area contributed by atoms with Crippen LogP contribution < -0.4 is 20.1 Å². The van der Waals surface area contributed by atoms with Crippen LogP contribution in [0.25, 0.3) is 0 Å². The van der Waals surface area contributed by atoms with E-state index in [-0.39, 0.29) is 17.8 Å². The number of amides is 1. The van der Waals surface area contributed by atoms with E-state index >= 15 is 0 Å². The number of carbonyl (C=O) groups excluding carboxylic acids is 1. The highest BCUT2D eigenvalue weighted by Crippen LogP contribution is 2.45. The Bertz CT molecular complexity index is 1220. The van der Waals surface area contributed by atoms with Crippen molar-refractivity contribution < 1.29 is 27.4 Å². The van der Waals surface area contributed by atoms with Gasteiger partial charge in [-0.15, -0.1) is 0 Å². The summed E-state index contributed by atoms with van der Waals surface area (Å²) < 4.78 is 53.4. The summed E-state index contributed by atoms with van der Waals surface area (Å²) in [5.41, 5.74) is 3.05. The van der Waals surface area contributed by atoms with Crippen LogP contribution >= 0.6 is 0 Å². The van der Waals surface area contributed by atoms with Gasteiger partial charge < -0.3 is 20.1 Å². The average molecular weight is 474 g/mol. The van der Waals surface area contributed by atoms with Gasteiger partial charge in [0.15, 0.2) is 17.5 Å². The molecule has 3 aromatic rings. The molecule has 0 saturated heterocycles. The molecule has 1 aliphatic heterocycles. The van der Waals surface area contributed by atoms with E-state index in [1.54, 1.807) is 30.3 Å². The van der Waals surface area contributed by atoms with Crippen LogP contribution in [0, 0.1) is 13.8 Å². The summed E-state index contributed by atoms with van der Waals surface area (Å²) in [5.74, 6) is 0.331. The second-order valence-corrected chi connectivity index (χ2v) is 8.16. The van der Waals surface area contributed by atoms with Gasteiger partial charge in [0.1, 0.15) is 11.4 Å². The Balaban J connectivity index is 1.71. The van der Waals surface area contributed by atoms with Crippen molar-refractivity contribution in [1.82, 2.24) is 9.78 Å². The molecule has 1 aliphatic rings. The van der Waals surface area contributed by atoms with Crippen LogP contribution in [0.4, 0.5) is 24.7 Å². The lowest BCUT2D eigenvalue weighted by Crippen LogP contribution is -2.36. The predicted molar refractivity (Wildman–Crippen MR) is 122 cm³/mol. The largest absolute Gasteiger partial charge is 0.493 e. The molecule has 4 rings (SSSR count). The number of hydrogen-bond donors (Lipinski definition) is 2. The number of halogens is 3. The van der Waals surface area contributed by atoms with Crippen molar-refractivity contribution in [2.45, 2.75) is 38.5 Å². The fraction of sp³-hybridized carbons (Fsp3) is 0.333. The molecule has 1 amide bonds. The summed E-state index contributed by atoms with van der Waals surface area (Å²) in [4.78, 5) is 13.1. The predicted octanol–water partition coefficient (Wildman–Crippen LogP) is 5.43. The first-order valence-electron chi connectivity index (χ1n) is 10.6. The van der Waals surface area contributed by atoms with E-state index in [0.717, 1.165) is 15.8 Å². The van der Waals surface area contributed by atoms with Gasteiger partial charge >= 0.3 is 6.18 Å². The number of nitrogens with one attached hydrogen (secondary N) is 2. The molecule has 1 aromatic heterocycles. The molecule has 0 fully saturated rings. The van der Waals surface area contributed by atoms with Crippen molar-refractivity contribution in [3.05, 3.63) is 64.8 Å². The molecule has 2 heterocycles. The second kappa shape index (κ2) is 8.92. The first kappa shape index (κ1) is 23.5. The number of fused-ring (bicyclic) bond motifs is 1. The fourth-order valence-corrected chi connectivity index (χ4v) is 4.09. The van der Waals surface area contributed by atoms with E-state index in [4.69, 9.17) is 9.47 Å². The van der Waals surface area contributed by atoms with Crippen LogP contribution in [-0.2, 0) is 0 Å². The lowest BCUT2D eigenvalue weighted by molar-refractivity contribution is -0.173. The van der Waals surface area contributed by atoms with Crippen LogP contribution in [0.3, 0.4) is 0 Å². The molecule has 2 aromatic carbocycles. The molecule has 0 aliphatic carbocycles. The minimum Gasteiger partial charge on any atom is -0.493 e. The highest BCUT2D eigenvalue weighted by molar-refractivity contribution is 6.08. The number of aryl methyl sites for hydroxylation is 1. The third-order valence-corrected chi connectivity index (χ3v) is 6.15. The van der Waals surface area contributed by atoms with Gasteiger partial charge in [0, 0.05) is 12.1 Å². The van der Waals surface area contributed by atoms with Crippen molar-refractivity contribution in [3.63, 3.8) is 0 Å². The molecule has 0 bridgehead atoms. The minimum absolute atomic E-state index is 0.0103. The van der Waals surface area contributed by atoms with Crippen molar-refractivity contribution in [1.29, 1.82) is 0 Å². The maximum atomic E-state index is 14.0. The lowest BCUT2D eigenvalue weighted by atomic mass is 9.96. The molecule has 0 unspecified atom stereocenters. The molecule has 34 heavy (non-hydrogen) atoms. The van der Waals surface area contributed by atoms with E-state index in [9.17, 15) is 18.0 Å². The normalized spacial score (nSPS) is 17.5. The zero-order valence-electron chi connectivity index (χ0n) is 19.2. The Morgan fingerprint density at radius 2 is 1.88 bits per heavy atom. The Labute approximate surface area is 194 Å². The molecule has 0 radical (unpaired) electrons. The van der Waals surface area contributed by atoms with Crippen LogP contribution in [0.15, 0.2) is 42.6 Å². The smallest absolute Gasteiger partial charge is 0.410 e. The Morgan fingerprint density at radius 3 is 2.56 bits per heavy atom. The fourth-order valence-electron chi connectivity index (χ4n) is 4.09.